The van der Waals surface area contributed by atoms with Gasteiger partial charge >= 0.3 is 0 Å². The second-order valence-corrected chi connectivity index (χ2v) is 7.34. The fourth-order valence-corrected chi connectivity index (χ4v) is 3.41. The fraction of sp³-hybridized carbons (Fsp3) is 0.500. The summed E-state index contributed by atoms with van der Waals surface area (Å²) in [7, 11) is 0. The molecule has 2 rings (SSSR count). The largest absolute Gasteiger partial charge is 0.349 e. The zero-order chi connectivity index (χ0) is 16.5. The molecule has 0 aromatic heterocycles. The highest BCUT2D eigenvalue weighted by Gasteiger charge is 2.46. The molecule has 0 aliphatic carbocycles. The van der Waals surface area contributed by atoms with Gasteiger partial charge in [-0.3, -0.25) is 4.79 Å². The molecular weight excluding hydrogens is 276 g/mol. The number of nitrogens with zero attached hydrogens (tertiary/aromatic N) is 1. The summed E-state index contributed by atoms with van der Waals surface area (Å²) in [6.07, 6.45) is 1.27. The highest BCUT2D eigenvalue weighted by molar-refractivity contribution is 6.18. The molecule has 1 heterocycles. The Hall–Kier alpha value is -1.65. The van der Waals surface area contributed by atoms with E-state index < -0.39 is 11.1 Å². The second-order valence-electron chi connectivity index (χ2n) is 7.34. The van der Waals surface area contributed by atoms with Crippen molar-refractivity contribution in [3.63, 3.8) is 0 Å². The Balaban J connectivity index is 2.08. The van der Waals surface area contributed by atoms with Crippen LogP contribution in [0.1, 0.15) is 46.1 Å². The molecule has 4 heteroatoms. The Morgan fingerprint density at radius 1 is 1.14 bits per heavy atom. The van der Waals surface area contributed by atoms with Crippen molar-refractivity contribution < 1.29 is 10.0 Å². The third-order valence-electron chi connectivity index (χ3n) is 4.32. The lowest BCUT2D eigenvalue weighted by Gasteiger charge is -2.50. The predicted octanol–water partition coefficient (Wildman–Crippen LogP) is 3.18. The number of piperidine rings is 1. The Morgan fingerprint density at radius 2 is 1.64 bits per heavy atom. The molecule has 0 bridgehead atoms. The molecule has 1 radical (unpaired) electrons. The average molecular weight is 301 g/mol. The molecule has 1 saturated heterocycles. The Kier molecular flexibility index (Phi) is 4.45. The van der Waals surface area contributed by atoms with Gasteiger partial charge in [0.1, 0.15) is 0 Å². The molecule has 119 valence electrons. The van der Waals surface area contributed by atoms with Crippen LogP contribution >= 0.6 is 0 Å². The van der Waals surface area contributed by atoms with Gasteiger partial charge in [-0.1, -0.05) is 36.9 Å². The molecule has 1 aliphatic heterocycles. The lowest BCUT2D eigenvalue weighted by molar-refractivity contribution is -0.289. The molecule has 0 unspecified atom stereocenters. The third kappa shape index (κ3) is 3.39. The summed E-state index contributed by atoms with van der Waals surface area (Å²) in [6, 6.07) is 9.39. The van der Waals surface area contributed by atoms with E-state index in [0.29, 0.717) is 18.4 Å². The number of benzene rings is 1. The zero-order valence-electron chi connectivity index (χ0n) is 13.8. The predicted molar refractivity (Wildman–Crippen MR) is 87.3 cm³/mol. The molecule has 1 aromatic rings. The fourth-order valence-electron chi connectivity index (χ4n) is 3.41. The van der Waals surface area contributed by atoms with E-state index in [0.717, 1.165) is 10.6 Å². The molecule has 22 heavy (non-hydrogen) atoms. The standard InChI is InChI=1S/C18H25N2O2/c1-13(14-9-7-6-8-10-14)16(21)19-15-11-17(2,3)20(22)18(4,5)12-15/h6-10,15H,1,11-12H2,2-5H3,(H,19,21). The van der Waals surface area contributed by atoms with E-state index in [-0.39, 0.29) is 11.9 Å². The van der Waals surface area contributed by atoms with E-state index >= 15 is 0 Å². The average Bonchev–Trinajstić information content (AvgIpc) is 2.44. The van der Waals surface area contributed by atoms with Gasteiger partial charge < -0.3 is 5.32 Å². The zero-order valence-corrected chi connectivity index (χ0v) is 13.8. The van der Waals surface area contributed by atoms with Gasteiger partial charge in [-0.05, 0) is 46.1 Å². The molecule has 0 saturated carbocycles. The maximum atomic E-state index is 12.4. The van der Waals surface area contributed by atoms with E-state index in [9.17, 15) is 10.0 Å². The van der Waals surface area contributed by atoms with Crippen molar-refractivity contribution in [1.82, 2.24) is 10.4 Å². The topological polar surface area (TPSA) is 52.2 Å². The van der Waals surface area contributed by atoms with Crippen LogP contribution in [0.2, 0.25) is 0 Å². The van der Waals surface area contributed by atoms with Crippen LogP contribution in [0.25, 0.3) is 5.57 Å². The van der Waals surface area contributed by atoms with Crippen LogP contribution in [0.4, 0.5) is 0 Å². The maximum Gasteiger partial charge on any atom is 0.251 e. The van der Waals surface area contributed by atoms with Crippen molar-refractivity contribution in [2.45, 2.75) is 57.7 Å². The van der Waals surface area contributed by atoms with Crippen molar-refractivity contribution in [3.05, 3.63) is 42.5 Å². The number of rotatable bonds is 3. The van der Waals surface area contributed by atoms with Crippen LogP contribution in [0.15, 0.2) is 36.9 Å². The highest BCUT2D eigenvalue weighted by atomic mass is 16.5. The first kappa shape index (κ1) is 16.7. The molecule has 1 aromatic carbocycles. The smallest absolute Gasteiger partial charge is 0.251 e. The third-order valence-corrected chi connectivity index (χ3v) is 4.32. The Morgan fingerprint density at radius 3 is 2.14 bits per heavy atom. The van der Waals surface area contributed by atoms with Crippen LogP contribution in [-0.4, -0.2) is 28.1 Å². The van der Waals surface area contributed by atoms with E-state index in [1.54, 1.807) is 0 Å². The van der Waals surface area contributed by atoms with Gasteiger partial charge in [-0.2, -0.15) is 0 Å². The highest BCUT2D eigenvalue weighted by Crippen LogP contribution is 2.37. The minimum atomic E-state index is -0.492. The number of amides is 1. The summed E-state index contributed by atoms with van der Waals surface area (Å²) in [6.45, 7) is 11.6. The van der Waals surface area contributed by atoms with Gasteiger partial charge in [0.25, 0.3) is 5.91 Å². The number of nitrogens with one attached hydrogen (secondary N) is 1. The normalized spacial score (nSPS) is 21.3. The molecule has 1 fully saturated rings. The van der Waals surface area contributed by atoms with Crippen molar-refractivity contribution in [3.8, 4) is 0 Å². The van der Waals surface area contributed by atoms with Crippen LogP contribution < -0.4 is 5.32 Å². The van der Waals surface area contributed by atoms with E-state index in [4.69, 9.17) is 0 Å². The van der Waals surface area contributed by atoms with Gasteiger partial charge in [0.15, 0.2) is 0 Å². The van der Waals surface area contributed by atoms with Crippen LogP contribution in [0.3, 0.4) is 0 Å². The first-order valence-electron chi connectivity index (χ1n) is 7.66. The number of hydroxylamine groups is 2. The van der Waals surface area contributed by atoms with Crippen LogP contribution in [0.5, 0.6) is 0 Å². The monoisotopic (exact) mass is 301 g/mol. The molecule has 1 N–H and O–H groups in total. The van der Waals surface area contributed by atoms with Crippen LogP contribution in [0, 0.1) is 0 Å². The molecule has 0 atom stereocenters. The summed E-state index contributed by atoms with van der Waals surface area (Å²) in [5.41, 5.74) is 0.294. The number of carbonyl (C=O) groups is 1. The molecule has 1 amide bonds. The molecule has 1 aliphatic rings. The van der Waals surface area contributed by atoms with Gasteiger partial charge in [0, 0.05) is 22.7 Å². The SMILES string of the molecule is C=C(C(=O)NC1CC(C)(C)N([O])C(C)(C)C1)c1ccccc1. The van der Waals surface area contributed by atoms with Gasteiger partial charge in [-0.15, -0.1) is 10.3 Å². The summed E-state index contributed by atoms with van der Waals surface area (Å²) >= 11 is 0. The van der Waals surface area contributed by atoms with Crippen molar-refractivity contribution in [2.24, 2.45) is 0 Å². The summed E-state index contributed by atoms with van der Waals surface area (Å²) in [5, 5.41) is 16.5. The van der Waals surface area contributed by atoms with Gasteiger partial charge in [0.05, 0.1) is 0 Å². The lowest BCUT2D eigenvalue weighted by Crippen LogP contribution is -2.62. The maximum absolute atomic E-state index is 12.4. The number of hydrogen-bond acceptors (Lipinski definition) is 2. The summed E-state index contributed by atoms with van der Waals surface area (Å²) in [4.78, 5) is 12.4. The van der Waals surface area contributed by atoms with Crippen molar-refractivity contribution in [2.75, 3.05) is 0 Å². The number of hydrogen-bond donors (Lipinski definition) is 1. The Bertz CT molecular complexity index is 546. The van der Waals surface area contributed by atoms with E-state index in [1.807, 2.05) is 58.0 Å². The quantitative estimate of drug-likeness (QED) is 0.872. The van der Waals surface area contributed by atoms with E-state index in [2.05, 4.69) is 11.9 Å². The first-order valence-corrected chi connectivity index (χ1v) is 7.66. The van der Waals surface area contributed by atoms with Crippen molar-refractivity contribution in [1.29, 1.82) is 0 Å². The van der Waals surface area contributed by atoms with Gasteiger partial charge in [-0.25, -0.2) is 0 Å². The minimum Gasteiger partial charge on any atom is -0.349 e. The minimum absolute atomic E-state index is 0.0248. The number of carbonyl (C=O) groups excluding carboxylic acids is 1. The molecular formula is C18H25N2O2. The lowest BCUT2D eigenvalue weighted by atomic mass is 9.79. The molecule has 4 nitrogen and oxygen atoms in total. The Labute approximate surface area is 132 Å². The molecule has 0 spiro atoms. The summed E-state index contributed by atoms with van der Waals surface area (Å²) < 4.78 is 0. The second kappa shape index (κ2) is 5.86. The summed E-state index contributed by atoms with van der Waals surface area (Å²) in [5.74, 6) is -0.165. The first-order chi connectivity index (χ1) is 10.1. The van der Waals surface area contributed by atoms with Gasteiger partial charge in [0.2, 0.25) is 0 Å². The van der Waals surface area contributed by atoms with Crippen LogP contribution in [-0.2, 0) is 10.0 Å². The van der Waals surface area contributed by atoms with Crippen molar-refractivity contribution >= 4 is 11.5 Å². The van der Waals surface area contributed by atoms with E-state index in [1.165, 1.54) is 0 Å².